The average molecular weight is 310 g/mol. The summed E-state index contributed by atoms with van der Waals surface area (Å²) in [7, 11) is 0. The quantitative estimate of drug-likeness (QED) is 0.840. The van der Waals surface area contributed by atoms with Crippen LogP contribution < -0.4 is 4.74 Å². The standard InChI is InChI=1S/C14H16BrNO2/c15-12-7-10-4-6-18-14(10)11(8-12)9-16-5-2-1-3-13(16)17/h7-8H,1-6,9H2. The molecule has 2 aliphatic rings. The summed E-state index contributed by atoms with van der Waals surface area (Å²) >= 11 is 3.54. The zero-order valence-corrected chi connectivity index (χ0v) is 11.8. The van der Waals surface area contributed by atoms with E-state index in [1.165, 1.54) is 5.56 Å². The Kier molecular flexibility index (Phi) is 3.29. The van der Waals surface area contributed by atoms with Crippen molar-refractivity contribution in [3.63, 3.8) is 0 Å². The van der Waals surface area contributed by atoms with Gasteiger partial charge in [0.05, 0.1) is 6.61 Å². The summed E-state index contributed by atoms with van der Waals surface area (Å²) in [5.74, 6) is 1.27. The van der Waals surface area contributed by atoms with Crippen LogP contribution in [-0.2, 0) is 17.8 Å². The van der Waals surface area contributed by atoms with E-state index in [0.717, 1.165) is 48.2 Å². The smallest absolute Gasteiger partial charge is 0.222 e. The van der Waals surface area contributed by atoms with E-state index in [0.29, 0.717) is 13.0 Å². The predicted octanol–water partition coefficient (Wildman–Crippen LogP) is 2.90. The maximum absolute atomic E-state index is 11.9. The number of fused-ring (bicyclic) bond motifs is 1. The lowest BCUT2D eigenvalue weighted by atomic mass is 10.1. The average Bonchev–Trinajstić information content (AvgIpc) is 2.80. The van der Waals surface area contributed by atoms with Crippen LogP contribution >= 0.6 is 15.9 Å². The number of hydrogen-bond donors (Lipinski definition) is 0. The van der Waals surface area contributed by atoms with Gasteiger partial charge in [0.15, 0.2) is 0 Å². The Bertz CT molecular complexity index is 487. The van der Waals surface area contributed by atoms with E-state index in [4.69, 9.17) is 4.74 Å². The molecule has 1 saturated heterocycles. The molecule has 2 aliphatic heterocycles. The second-order valence-electron chi connectivity index (χ2n) is 4.92. The molecule has 0 unspecified atom stereocenters. The van der Waals surface area contributed by atoms with Crippen molar-refractivity contribution in [2.24, 2.45) is 0 Å². The molecule has 1 aromatic carbocycles. The molecule has 0 spiro atoms. The number of amides is 1. The van der Waals surface area contributed by atoms with Crippen molar-refractivity contribution in [2.75, 3.05) is 13.2 Å². The number of carbonyl (C=O) groups is 1. The molecule has 4 heteroatoms. The fourth-order valence-electron chi connectivity index (χ4n) is 2.70. The van der Waals surface area contributed by atoms with Crippen LogP contribution in [0.3, 0.4) is 0 Å². The molecule has 2 heterocycles. The topological polar surface area (TPSA) is 29.5 Å². The van der Waals surface area contributed by atoms with Crippen LogP contribution in [0.5, 0.6) is 5.75 Å². The molecular formula is C14H16BrNO2. The van der Waals surface area contributed by atoms with Crippen molar-refractivity contribution in [1.29, 1.82) is 0 Å². The number of likely N-dealkylation sites (tertiary alicyclic amines) is 1. The molecule has 96 valence electrons. The van der Waals surface area contributed by atoms with E-state index in [-0.39, 0.29) is 5.91 Å². The summed E-state index contributed by atoms with van der Waals surface area (Å²) in [4.78, 5) is 13.8. The number of rotatable bonds is 2. The molecule has 0 saturated carbocycles. The molecule has 1 aromatic rings. The summed E-state index contributed by atoms with van der Waals surface area (Å²) in [6.45, 7) is 2.31. The summed E-state index contributed by atoms with van der Waals surface area (Å²) in [6, 6.07) is 4.19. The minimum Gasteiger partial charge on any atom is -0.493 e. The maximum Gasteiger partial charge on any atom is 0.222 e. The first kappa shape index (κ1) is 12.0. The Morgan fingerprint density at radius 1 is 1.28 bits per heavy atom. The van der Waals surface area contributed by atoms with Gasteiger partial charge in [-0.1, -0.05) is 15.9 Å². The third-order valence-corrected chi connectivity index (χ3v) is 4.07. The molecule has 0 bridgehead atoms. The van der Waals surface area contributed by atoms with E-state index in [1.54, 1.807) is 0 Å². The number of carbonyl (C=O) groups excluding carboxylic acids is 1. The normalized spacial score (nSPS) is 18.7. The number of hydrogen-bond acceptors (Lipinski definition) is 2. The highest BCUT2D eigenvalue weighted by atomic mass is 79.9. The fourth-order valence-corrected chi connectivity index (χ4v) is 3.25. The van der Waals surface area contributed by atoms with Crippen molar-refractivity contribution in [3.05, 3.63) is 27.7 Å². The summed E-state index contributed by atoms with van der Waals surface area (Å²) in [6.07, 6.45) is 3.80. The SMILES string of the molecule is O=C1CCCCN1Cc1cc(Br)cc2c1OCC2. The third kappa shape index (κ3) is 2.26. The minimum atomic E-state index is 0.271. The molecule has 1 fully saturated rings. The van der Waals surface area contributed by atoms with Crippen molar-refractivity contribution in [3.8, 4) is 5.75 Å². The third-order valence-electron chi connectivity index (χ3n) is 3.61. The van der Waals surface area contributed by atoms with Crippen LogP contribution in [0, 0.1) is 0 Å². The van der Waals surface area contributed by atoms with Gasteiger partial charge in [-0.2, -0.15) is 0 Å². The van der Waals surface area contributed by atoms with E-state index >= 15 is 0 Å². The molecule has 0 atom stereocenters. The lowest BCUT2D eigenvalue weighted by Crippen LogP contribution is -2.34. The van der Waals surface area contributed by atoms with Crippen molar-refractivity contribution in [1.82, 2.24) is 4.90 Å². The van der Waals surface area contributed by atoms with Gasteiger partial charge in [0, 0.05) is 36.0 Å². The zero-order valence-electron chi connectivity index (χ0n) is 10.2. The van der Waals surface area contributed by atoms with Crippen LogP contribution in [0.15, 0.2) is 16.6 Å². The highest BCUT2D eigenvalue weighted by Gasteiger charge is 2.23. The van der Waals surface area contributed by atoms with Gasteiger partial charge in [-0.15, -0.1) is 0 Å². The molecule has 3 nitrogen and oxygen atoms in total. The largest absolute Gasteiger partial charge is 0.493 e. The second kappa shape index (κ2) is 4.92. The number of halogens is 1. The zero-order chi connectivity index (χ0) is 12.5. The molecule has 1 amide bonds. The van der Waals surface area contributed by atoms with Crippen LogP contribution in [0.25, 0.3) is 0 Å². The summed E-state index contributed by atoms with van der Waals surface area (Å²) in [5, 5.41) is 0. The molecule has 18 heavy (non-hydrogen) atoms. The van der Waals surface area contributed by atoms with Crippen molar-refractivity contribution < 1.29 is 9.53 Å². The lowest BCUT2D eigenvalue weighted by molar-refractivity contribution is -0.133. The van der Waals surface area contributed by atoms with Gasteiger partial charge in [0.2, 0.25) is 5.91 Å². The molecular weight excluding hydrogens is 294 g/mol. The number of benzene rings is 1. The first-order valence-corrected chi connectivity index (χ1v) is 7.25. The highest BCUT2D eigenvalue weighted by Crippen LogP contribution is 2.34. The van der Waals surface area contributed by atoms with Gasteiger partial charge in [0.1, 0.15) is 5.75 Å². The molecule has 0 radical (unpaired) electrons. The Morgan fingerprint density at radius 2 is 2.17 bits per heavy atom. The van der Waals surface area contributed by atoms with E-state index < -0.39 is 0 Å². The summed E-state index contributed by atoms with van der Waals surface area (Å²) < 4.78 is 6.78. The number of piperidine rings is 1. The van der Waals surface area contributed by atoms with Crippen LogP contribution in [-0.4, -0.2) is 24.0 Å². The Balaban J connectivity index is 1.86. The van der Waals surface area contributed by atoms with E-state index in [1.807, 2.05) is 4.90 Å². The van der Waals surface area contributed by atoms with Gasteiger partial charge in [0.25, 0.3) is 0 Å². The van der Waals surface area contributed by atoms with Crippen LogP contribution in [0.4, 0.5) is 0 Å². The van der Waals surface area contributed by atoms with Crippen LogP contribution in [0.2, 0.25) is 0 Å². The molecule has 0 aliphatic carbocycles. The van der Waals surface area contributed by atoms with Crippen LogP contribution in [0.1, 0.15) is 30.4 Å². The Morgan fingerprint density at radius 3 is 3.00 bits per heavy atom. The van der Waals surface area contributed by atoms with Gasteiger partial charge < -0.3 is 9.64 Å². The second-order valence-corrected chi connectivity index (χ2v) is 5.84. The van der Waals surface area contributed by atoms with Crippen molar-refractivity contribution in [2.45, 2.75) is 32.2 Å². The lowest BCUT2D eigenvalue weighted by Gasteiger charge is -2.27. The Hall–Kier alpha value is -1.03. The molecule has 0 N–H and O–H groups in total. The minimum absolute atomic E-state index is 0.271. The Labute approximate surface area is 115 Å². The van der Waals surface area contributed by atoms with Gasteiger partial charge in [-0.25, -0.2) is 0 Å². The van der Waals surface area contributed by atoms with Gasteiger partial charge >= 0.3 is 0 Å². The van der Waals surface area contributed by atoms with E-state index in [2.05, 4.69) is 28.1 Å². The first-order chi connectivity index (χ1) is 8.74. The maximum atomic E-state index is 11.9. The van der Waals surface area contributed by atoms with Gasteiger partial charge in [-0.05, 0) is 30.5 Å². The number of ether oxygens (including phenoxy) is 1. The highest BCUT2D eigenvalue weighted by molar-refractivity contribution is 9.10. The number of nitrogens with zero attached hydrogens (tertiary/aromatic N) is 1. The van der Waals surface area contributed by atoms with Gasteiger partial charge in [-0.3, -0.25) is 4.79 Å². The fraction of sp³-hybridized carbons (Fsp3) is 0.500. The van der Waals surface area contributed by atoms with E-state index in [9.17, 15) is 4.79 Å². The summed E-state index contributed by atoms with van der Waals surface area (Å²) in [5.41, 5.74) is 2.39. The molecule has 3 rings (SSSR count). The molecule has 0 aromatic heterocycles. The predicted molar refractivity (Wildman–Crippen MR) is 72.6 cm³/mol. The first-order valence-electron chi connectivity index (χ1n) is 6.46. The van der Waals surface area contributed by atoms with Crippen molar-refractivity contribution >= 4 is 21.8 Å². The monoisotopic (exact) mass is 309 g/mol.